The summed E-state index contributed by atoms with van der Waals surface area (Å²) in [5.74, 6) is -0.205. The molecule has 1 aromatic carbocycles. The van der Waals surface area contributed by atoms with E-state index >= 15 is 0 Å². The number of hydrogen-bond donors (Lipinski definition) is 1. The second kappa shape index (κ2) is 9.07. The summed E-state index contributed by atoms with van der Waals surface area (Å²) >= 11 is 0. The van der Waals surface area contributed by atoms with Crippen molar-refractivity contribution in [3.8, 4) is 0 Å². The van der Waals surface area contributed by atoms with Gasteiger partial charge in [-0.1, -0.05) is 30.3 Å². The average molecular weight is 463 g/mol. The van der Waals surface area contributed by atoms with E-state index in [4.69, 9.17) is 4.74 Å². The van der Waals surface area contributed by atoms with E-state index in [1.54, 1.807) is 0 Å². The van der Waals surface area contributed by atoms with Crippen LogP contribution in [0, 0.1) is 0 Å². The van der Waals surface area contributed by atoms with E-state index in [-0.39, 0.29) is 12.7 Å². The largest absolute Gasteiger partial charge is 0.534 e. The van der Waals surface area contributed by atoms with Crippen LogP contribution in [0.25, 0.3) is 0 Å². The molecule has 1 heterocycles. The highest BCUT2D eigenvalue weighted by Gasteiger charge is 2.51. The number of carboxylic acid groups (broad SMARTS) is 1. The number of halogens is 3. The Hall–Kier alpha value is -2.27. The fourth-order valence-corrected chi connectivity index (χ4v) is 4.61. The molecule has 31 heavy (non-hydrogen) atoms. The summed E-state index contributed by atoms with van der Waals surface area (Å²) in [6.45, 7) is 1.12. The lowest BCUT2D eigenvalue weighted by Crippen LogP contribution is -2.44. The SMILES string of the molecule is C[C@@H]1C=C(OS(=O)(=O)C(F)(F)F)[C@H](COC2CCC(c3ccccc3)CC2)N1C(=O)O. The Labute approximate surface area is 178 Å². The minimum absolute atomic E-state index is 0.202. The normalized spacial score (nSPS) is 27.1. The first-order valence-electron chi connectivity index (χ1n) is 9.90. The molecule has 0 unspecified atom stereocenters. The van der Waals surface area contributed by atoms with Gasteiger partial charge in [-0.05, 0) is 50.2 Å². The van der Waals surface area contributed by atoms with E-state index in [0.29, 0.717) is 18.8 Å². The van der Waals surface area contributed by atoms with Gasteiger partial charge >= 0.3 is 21.7 Å². The summed E-state index contributed by atoms with van der Waals surface area (Å²) in [5.41, 5.74) is -4.38. The van der Waals surface area contributed by atoms with Gasteiger partial charge in [-0.25, -0.2) is 4.79 Å². The van der Waals surface area contributed by atoms with Crippen molar-refractivity contribution in [1.82, 2.24) is 4.90 Å². The molecular weight excluding hydrogens is 439 g/mol. The van der Waals surface area contributed by atoms with Crippen LogP contribution in [0.4, 0.5) is 18.0 Å². The van der Waals surface area contributed by atoms with Crippen LogP contribution < -0.4 is 0 Å². The first kappa shape index (κ1) is 23.4. The molecule has 2 aliphatic rings. The minimum atomic E-state index is -5.91. The molecule has 1 amide bonds. The van der Waals surface area contributed by atoms with E-state index in [0.717, 1.165) is 23.8 Å². The smallest absolute Gasteiger partial charge is 0.465 e. The molecule has 1 N–H and O–H groups in total. The zero-order chi connectivity index (χ0) is 22.8. The number of ether oxygens (including phenoxy) is 1. The highest BCUT2D eigenvalue weighted by molar-refractivity contribution is 7.87. The zero-order valence-corrected chi connectivity index (χ0v) is 17.6. The number of carbonyl (C=O) groups is 1. The fourth-order valence-electron chi connectivity index (χ4n) is 4.09. The predicted molar refractivity (Wildman–Crippen MR) is 105 cm³/mol. The van der Waals surface area contributed by atoms with Crippen LogP contribution in [0.2, 0.25) is 0 Å². The van der Waals surface area contributed by atoms with Gasteiger partial charge in [0.05, 0.1) is 18.8 Å². The summed E-state index contributed by atoms with van der Waals surface area (Å²) in [6.07, 6.45) is 2.57. The molecule has 0 bridgehead atoms. The monoisotopic (exact) mass is 463 g/mol. The van der Waals surface area contributed by atoms with Gasteiger partial charge in [0, 0.05) is 0 Å². The molecule has 3 rings (SSSR count). The summed E-state index contributed by atoms with van der Waals surface area (Å²) in [6, 6.07) is 7.87. The molecule has 2 atom stereocenters. The fraction of sp³-hybridized carbons (Fsp3) is 0.550. The van der Waals surface area contributed by atoms with Crippen molar-refractivity contribution in [1.29, 1.82) is 0 Å². The third-order valence-electron chi connectivity index (χ3n) is 5.65. The van der Waals surface area contributed by atoms with Crippen LogP contribution in [0.5, 0.6) is 0 Å². The standard InChI is InChI=1S/C20H24F3NO6S/c1-13-11-18(30-31(27,28)20(21,22)23)17(24(13)19(25)26)12-29-16-9-7-15(8-10-16)14-5-3-2-4-6-14/h2-6,11,13,15-17H,7-10,12H2,1H3,(H,25,26)/t13-,15?,16?,17+/m1/s1. The highest BCUT2D eigenvalue weighted by Crippen LogP contribution is 2.36. The molecule has 0 aromatic heterocycles. The molecule has 0 radical (unpaired) electrons. The lowest BCUT2D eigenvalue weighted by molar-refractivity contribution is -0.0536. The third kappa shape index (κ3) is 5.32. The third-order valence-corrected chi connectivity index (χ3v) is 6.63. The van der Waals surface area contributed by atoms with Crippen molar-refractivity contribution in [2.24, 2.45) is 0 Å². The first-order chi connectivity index (χ1) is 14.5. The maximum Gasteiger partial charge on any atom is 0.534 e. The molecule has 1 aromatic rings. The van der Waals surface area contributed by atoms with Gasteiger partial charge in [0.25, 0.3) is 0 Å². The van der Waals surface area contributed by atoms with Crippen molar-refractivity contribution in [3.05, 3.63) is 47.7 Å². The molecule has 172 valence electrons. The Kier molecular flexibility index (Phi) is 6.85. The number of rotatable bonds is 6. The first-order valence-corrected chi connectivity index (χ1v) is 11.3. The minimum Gasteiger partial charge on any atom is -0.465 e. The average Bonchev–Trinajstić information content (AvgIpc) is 3.01. The number of hydrogen-bond acceptors (Lipinski definition) is 5. The Morgan fingerprint density at radius 2 is 1.77 bits per heavy atom. The number of benzene rings is 1. The quantitative estimate of drug-likeness (QED) is 0.501. The lowest BCUT2D eigenvalue weighted by atomic mass is 9.83. The van der Waals surface area contributed by atoms with Crippen LogP contribution in [-0.2, 0) is 19.0 Å². The van der Waals surface area contributed by atoms with E-state index in [1.165, 1.54) is 12.5 Å². The van der Waals surface area contributed by atoms with Crippen LogP contribution in [0.1, 0.15) is 44.1 Å². The van der Waals surface area contributed by atoms with Crippen LogP contribution in [-0.4, -0.2) is 54.8 Å². The van der Waals surface area contributed by atoms with E-state index in [1.807, 2.05) is 18.2 Å². The summed E-state index contributed by atoms with van der Waals surface area (Å²) in [5, 5.41) is 9.44. The van der Waals surface area contributed by atoms with Gasteiger partial charge in [0.2, 0.25) is 0 Å². The number of amides is 1. The Bertz CT molecular complexity index is 911. The van der Waals surface area contributed by atoms with Crippen LogP contribution >= 0.6 is 0 Å². The molecule has 1 aliphatic carbocycles. The van der Waals surface area contributed by atoms with Crippen LogP contribution in [0.3, 0.4) is 0 Å². The molecule has 0 spiro atoms. The van der Waals surface area contributed by atoms with Gasteiger partial charge in [0.1, 0.15) is 11.8 Å². The van der Waals surface area contributed by atoms with Gasteiger partial charge in [-0.3, -0.25) is 4.90 Å². The molecule has 0 saturated heterocycles. The highest BCUT2D eigenvalue weighted by atomic mass is 32.2. The number of nitrogens with zero attached hydrogens (tertiary/aromatic N) is 1. The molecule has 1 saturated carbocycles. The number of alkyl halides is 3. The molecule has 7 nitrogen and oxygen atoms in total. The van der Waals surface area contributed by atoms with Crippen LogP contribution in [0.15, 0.2) is 42.2 Å². The summed E-state index contributed by atoms with van der Waals surface area (Å²) in [7, 11) is -5.91. The molecule has 1 fully saturated rings. The van der Waals surface area contributed by atoms with Gasteiger partial charge in [-0.2, -0.15) is 21.6 Å². The van der Waals surface area contributed by atoms with Gasteiger partial charge in [0.15, 0.2) is 0 Å². The topological polar surface area (TPSA) is 93.1 Å². The maximum atomic E-state index is 12.7. The van der Waals surface area contributed by atoms with Gasteiger partial charge in [-0.15, -0.1) is 0 Å². The molecule has 11 heteroatoms. The van der Waals surface area contributed by atoms with Gasteiger partial charge < -0.3 is 14.0 Å². The Morgan fingerprint density at radius 1 is 1.16 bits per heavy atom. The van der Waals surface area contributed by atoms with E-state index in [9.17, 15) is 31.5 Å². The predicted octanol–water partition coefficient (Wildman–Crippen LogP) is 4.23. The lowest BCUT2D eigenvalue weighted by Gasteiger charge is -2.32. The summed E-state index contributed by atoms with van der Waals surface area (Å²) in [4.78, 5) is 12.4. The zero-order valence-electron chi connectivity index (χ0n) is 16.8. The Morgan fingerprint density at radius 3 is 2.32 bits per heavy atom. The Balaban J connectivity index is 1.63. The second-order valence-corrected chi connectivity index (χ2v) is 9.25. The van der Waals surface area contributed by atoms with E-state index < -0.39 is 39.6 Å². The molecule has 1 aliphatic heterocycles. The molecular formula is C20H24F3NO6S. The van der Waals surface area contributed by atoms with E-state index in [2.05, 4.69) is 16.3 Å². The second-order valence-electron chi connectivity index (χ2n) is 7.72. The van der Waals surface area contributed by atoms with Crippen molar-refractivity contribution < 1.29 is 40.4 Å². The van der Waals surface area contributed by atoms with Crippen molar-refractivity contribution in [2.75, 3.05) is 6.61 Å². The van der Waals surface area contributed by atoms with Crippen molar-refractivity contribution in [3.63, 3.8) is 0 Å². The van der Waals surface area contributed by atoms with Crippen molar-refractivity contribution >= 4 is 16.2 Å². The summed E-state index contributed by atoms with van der Waals surface area (Å²) < 4.78 is 71.1. The maximum absolute atomic E-state index is 12.7. The van der Waals surface area contributed by atoms with Crippen molar-refractivity contribution in [2.45, 2.75) is 62.2 Å².